The number of nitro benzene ring substituents is 1. The molecule has 0 saturated carbocycles. The van der Waals surface area contributed by atoms with E-state index in [2.05, 4.69) is 5.10 Å². The molecule has 2 atom stereocenters. The van der Waals surface area contributed by atoms with Gasteiger partial charge in [0.25, 0.3) is 5.69 Å². The van der Waals surface area contributed by atoms with Crippen LogP contribution in [-0.4, -0.2) is 28.7 Å². The van der Waals surface area contributed by atoms with Crippen molar-refractivity contribution in [2.24, 2.45) is 11.0 Å². The number of methoxy groups -OCH3 is 1. The molecule has 0 aromatic heterocycles. The molecule has 2 unspecified atom stereocenters. The van der Waals surface area contributed by atoms with E-state index in [0.717, 1.165) is 35.4 Å². The number of ether oxygens (including phenoxy) is 1. The van der Waals surface area contributed by atoms with Crippen LogP contribution in [-0.2, 0) is 11.2 Å². The van der Waals surface area contributed by atoms with E-state index in [1.165, 1.54) is 11.1 Å². The fraction of sp³-hybridized carbons (Fsp3) is 0.333. The van der Waals surface area contributed by atoms with Gasteiger partial charge in [0, 0.05) is 24.0 Å². The van der Waals surface area contributed by atoms with Crippen LogP contribution in [0.15, 0.2) is 47.6 Å². The summed E-state index contributed by atoms with van der Waals surface area (Å²) in [6, 6.07) is 12.0. The molecule has 0 N–H and O–H groups in total. The third kappa shape index (κ3) is 2.83. The van der Waals surface area contributed by atoms with Gasteiger partial charge in [0.15, 0.2) is 0 Å². The highest BCUT2D eigenvalue weighted by Crippen LogP contribution is 2.46. The van der Waals surface area contributed by atoms with Crippen LogP contribution in [0.25, 0.3) is 0 Å². The molecule has 0 bridgehead atoms. The summed E-state index contributed by atoms with van der Waals surface area (Å²) in [5.41, 5.74) is 3.51. The van der Waals surface area contributed by atoms with Gasteiger partial charge in [0.05, 0.1) is 29.4 Å². The van der Waals surface area contributed by atoms with Crippen molar-refractivity contribution in [3.63, 3.8) is 0 Å². The van der Waals surface area contributed by atoms with Gasteiger partial charge in [-0.1, -0.05) is 19.1 Å². The number of hydrazone groups is 1. The van der Waals surface area contributed by atoms with Crippen molar-refractivity contribution in [3.8, 4) is 5.75 Å². The average Bonchev–Trinajstić information content (AvgIpc) is 3.12. The Kier molecular flexibility index (Phi) is 4.58. The summed E-state index contributed by atoms with van der Waals surface area (Å²) < 4.78 is 5.32. The Balaban J connectivity index is 1.83. The maximum atomic E-state index is 12.7. The first-order chi connectivity index (χ1) is 13.5. The van der Waals surface area contributed by atoms with Gasteiger partial charge < -0.3 is 4.74 Å². The lowest BCUT2D eigenvalue weighted by molar-refractivity contribution is -0.386. The molecule has 144 valence electrons. The first-order valence-electron chi connectivity index (χ1n) is 9.36. The summed E-state index contributed by atoms with van der Waals surface area (Å²) in [4.78, 5) is 23.9. The van der Waals surface area contributed by atoms with Gasteiger partial charge in [-0.2, -0.15) is 5.10 Å². The smallest absolute Gasteiger partial charge is 0.274 e. The van der Waals surface area contributed by atoms with Crippen molar-refractivity contribution in [2.45, 2.75) is 32.2 Å². The predicted molar refractivity (Wildman–Crippen MR) is 104 cm³/mol. The zero-order chi connectivity index (χ0) is 19.8. The molecule has 2 aromatic rings. The van der Waals surface area contributed by atoms with Gasteiger partial charge in [-0.15, -0.1) is 0 Å². The Bertz CT molecular complexity index is 985. The Morgan fingerprint density at radius 3 is 2.82 bits per heavy atom. The van der Waals surface area contributed by atoms with E-state index < -0.39 is 6.04 Å². The van der Waals surface area contributed by atoms with Crippen molar-refractivity contribution in [1.82, 2.24) is 5.01 Å². The number of nitrogens with zero attached hydrogens (tertiary/aromatic N) is 3. The second-order valence-electron chi connectivity index (χ2n) is 7.01. The van der Waals surface area contributed by atoms with Crippen LogP contribution < -0.4 is 4.74 Å². The normalized spacial score (nSPS) is 20.2. The minimum Gasteiger partial charge on any atom is -0.497 e. The van der Waals surface area contributed by atoms with Crippen LogP contribution in [0.4, 0.5) is 5.69 Å². The zero-order valence-corrected chi connectivity index (χ0v) is 15.8. The summed E-state index contributed by atoms with van der Waals surface area (Å²) in [6.45, 7) is 1.78. The maximum Gasteiger partial charge on any atom is 0.274 e. The van der Waals surface area contributed by atoms with E-state index in [9.17, 15) is 14.9 Å². The predicted octanol–water partition coefficient (Wildman–Crippen LogP) is 3.86. The van der Waals surface area contributed by atoms with Crippen molar-refractivity contribution < 1.29 is 14.5 Å². The van der Waals surface area contributed by atoms with E-state index in [-0.39, 0.29) is 28.9 Å². The van der Waals surface area contributed by atoms with Crippen molar-refractivity contribution in [1.29, 1.82) is 0 Å². The van der Waals surface area contributed by atoms with Crippen molar-refractivity contribution in [3.05, 3.63) is 69.3 Å². The largest absolute Gasteiger partial charge is 0.497 e. The Labute approximate surface area is 162 Å². The quantitative estimate of drug-likeness (QED) is 0.596. The summed E-state index contributed by atoms with van der Waals surface area (Å²) in [6.07, 6.45) is 1.86. The minimum atomic E-state index is -0.459. The lowest BCUT2D eigenvalue weighted by Gasteiger charge is -2.29. The number of hydrogen-bond acceptors (Lipinski definition) is 5. The summed E-state index contributed by atoms with van der Waals surface area (Å²) >= 11 is 0. The summed E-state index contributed by atoms with van der Waals surface area (Å²) in [5.74, 6) is 0.574. The molecule has 0 saturated heterocycles. The van der Waals surface area contributed by atoms with E-state index in [4.69, 9.17) is 4.74 Å². The second kappa shape index (κ2) is 7.07. The summed E-state index contributed by atoms with van der Waals surface area (Å²) in [5, 5.41) is 17.7. The molecule has 2 aromatic carbocycles. The second-order valence-corrected chi connectivity index (χ2v) is 7.01. The van der Waals surface area contributed by atoms with E-state index in [1.54, 1.807) is 32.2 Å². The first kappa shape index (κ1) is 18.2. The average molecular weight is 379 g/mol. The lowest BCUT2D eigenvalue weighted by atomic mass is 9.77. The standard InChI is InChI=1S/C21H21N3O4/c1-3-19(25)23-21(16-6-4-5-7-18(16)24(26)27)17-10-8-13-12-14(28-2)9-11-15(13)20(17)22-23/h4-7,9,11-12,17,21H,3,8,10H2,1-2H3. The van der Waals surface area contributed by atoms with Crippen LogP contribution in [0.5, 0.6) is 5.75 Å². The fourth-order valence-electron chi connectivity index (χ4n) is 4.21. The molecular formula is C21H21N3O4. The highest BCUT2D eigenvalue weighted by atomic mass is 16.6. The summed E-state index contributed by atoms with van der Waals surface area (Å²) in [7, 11) is 1.63. The van der Waals surface area contributed by atoms with Crippen LogP contribution >= 0.6 is 0 Å². The molecule has 7 nitrogen and oxygen atoms in total. The van der Waals surface area contributed by atoms with Gasteiger partial charge in [0.2, 0.25) is 5.91 Å². The topological polar surface area (TPSA) is 85.0 Å². The Hall–Kier alpha value is -3.22. The van der Waals surface area contributed by atoms with Gasteiger partial charge >= 0.3 is 0 Å². The number of amides is 1. The molecule has 4 rings (SSSR count). The third-order valence-electron chi connectivity index (χ3n) is 5.53. The van der Waals surface area contributed by atoms with Crippen molar-refractivity contribution >= 4 is 17.3 Å². The molecule has 28 heavy (non-hydrogen) atoms. The number of aryl methyl sites for hydroxylation is 1. The number of fused-ring (bicyclic) bond motifs is 3. The molecule has 0 radical (unpaired) electrons. The van der Waals surface area contributed by atoms with E-state index >= 15 is 0 Å². The van der Waals surface area contributed by atoms with Crippen LogP contribution in [0, 0.1) is 16.0 Å². The SMILES string of the molecule is CCC(=O)N1N=C2c3ccc(OC)cc3CCC2C1c1ccccc1[N+](=O)[O-]. The fourth-order valence-corrected chi connectivity index (χ4v) is 4.21. The lowest BCUT2D eigenvalue weighted by Crippen LogP contribution is -2.32. The molecule has 7 heteroatoms. The highest BCUT2D eigenvalue weighted by Gasteiger charge is 2.45. The van der Waals surface area contributed by atoms with Crippen LogP contribution in [0.3, 0.4) is 0 Å². The number of nitro groups is 1. The van der Waals surface area contributed by atoms with Gasteiger partial charge in [-0.05, 0) is 42.7 Å². The van der Waals surface area contributed by atoms with Gasteiger partial charge in [-0.25, -0.2) is 5.01 Å². The molecule has 1 amide bonds. The molecular weight excluding hydrogens is 358 g/mol. The number of carbonyl (C=O) groups excluding carboxylic acids is 1. The number of hydrogen-bond donors (Lipinski definition) is 0. The van der Waals surface area contributed by atoms with Gasteiger partial charge in [-0.3, -0.25) is 14.9 Å². The van der Waals surface area contributed by atoms with Crippen molar-refractivity contribution in [2.75, 3.05) is 7.11 Å². The van der Waals surface area contributed by atoms with E-state index in [1.807, 2.05) is 18.2 Å². The highest BCUT2D eigenvalue weighted by molar-refractivity contribution is 6.07. The van der Waals surface area contributed by atoms with E-state index in [0.29, 0.717) is 5.56 Å². The molecule has 1 aliphatic carbocycles. The molecule has 1 aliphatic heterocycles. The molecule has 2 aliphatic rings. The minimum absolute atomic E-state index is 0.0263. The first-order valence-corrected chi connectivity index (χ1v) is 9.36. The monoisotopic (exact) mass is 379 g/mol. The Morgan fingerprint density at radius 2 is 2.11 bits per heavy atom. The van der Waals surface area contributed by atoms with Gasteiger partial charge in [0.1, 0.15) is 5.75 Å². The number of rotatable bonds is 4. The third-order valence-corrected chi connectivity index (χ3v) is 5.53. The molecule has 0 spiro atoms. The number of para-hydroxylation sites is 1. The number of benzene rings is 2. The Morgan fingerprint density at radius 1 is 1.32 bits per heavy atom. The zero-order valence-electron chi connectivity index (χ0n) is 15.8. The number of carbonyl (C=O) groups is 1. The van der Waals surface area contributed by atoms with Crippen LogP contribution in [0.2, 0.25) is 0 Å². The molecule has 1 heterocycles. The molecule has 0 fully saturated rings. The van der Waals surface area contributed by atoms with Crippen LogP contribution in [0.1, 0.15) is 42.5 Å². The maximum absolute atomic E-state index is 12.7.